The predicted octanol–water partition coefficient (Wildman–Crippen LogP) is 4.75. The molecule has 0 amide bonds. The third-order valence-corrected chi connectivity index (χ3v) is 2.29. The minimum absolute atomic E-state index is 0.193. The molecule has 0 radical (unpaired) electrons. The zero-order valence-corrected chi connectivity index (χ0v) is 11.5. The topological polar surface area (TPSA) is 0 Å². The van der Waals surface area contributed by atoms with E-state index in [4.69, 9.17) is 6.42 Å². The molecule has 0 aliphatic carbocycles. The first-order valence-corrected chi connectivity index (χ1v) is 5.70. The molecule has 0 unspecified atom stereocenters. The van der Waals surface area contributed by atoms with Gasteiger partial charge in [0.15, 0.2) is 0 Å². The molecule has 16 heavy (non-hydrogen) atoms. The van der Waals surface area contributed by atoms with Gasteiger partial charge in [-0.25, -0.2) is 0 Å². The van der Waals surface area contributed by atoms with Gasteiger partial charge >= 0.3 is 0 Å². The lowest BCUT2D eigenvalue weighted by atomic mass is 9.72. The molecule has 0 rings (SSSR count). The third kappa shape index (κ3) is 5.61. The van der Waals surface area contributed by atoms with Gasteiger partial charge in [-0.3, -0.25) is 0 Å². The highest BCUT2D eigenvalue weighted by Crippen LogP contribution is 2.38. The van der Waals surface area contributed by atoms with E-state index in [2.05, 4.69) is 59.6 Å². The van der Waals surface area contributed by atoms with Crippen molar-refractivity contribution < 1.29 is 0 Å². The van der Waals surface area contributed by atoms with Gasteiger partial charge in [0.1, 0.15) is 0 Å². The summed E-state index contributed by atoms with van der Waals surface area (Å²) in [4.78, 5) is 0. The van der Waals surface area contributed by atoms with Crippen molar-refractivity contribution in [3.05, 3.63) is 36.0 Å². The summed E-state index contributed by atoms with van der Waals surface area (Å²) in [5.74, 6) is 2.46. The first-order chi connectivity index (χ1) is 7.19. The quantitative estimate of drug-likeness (QED) is 0.461. The zero-order valence-electron chi connectivity index (χ0n) is 11.5. The molecule has 0 aromatic carbocycles. The van der Waals surface area contributed by atoms with Crippen LogP contribution in [0.1, 0.15) is 41.5 Å². The van der Waals surface area contributed by atoms with Crippen LogP contribution < -0.4 is 0 Å². The van der Waals surface area contributed by atoms with E-state index < -0.39 is 0 Å². The van der Waals surface area contributed by atoms with Crippen molar-refractivity contribution in [3.63, 3.8) is 0 Å². The Morgan fingerprint density at radius 3 is 1.75 bits per heavy atom. The van der Waals surface area contributed by atoms with Gasteiger partial charge in [0.05, 0.1) is 0 Å². The van der Waals surface area contributed by atoms with Crippen molar-refractivity contribution in [3.8, 4) is 12.3 Å². The molecule has 88 valence electrons. The van der Waals surface area contributed by atoms with Crippen molar-refractivity contribution in [1.82, 2.24) is 0 Å². The lowest BCUT2D eigenvalue weighted by molar-refractivity contribution is 0.362. The molecular weight excluding hydrogens is 192 g/mol. The molecule has 0 N–H and O–H groups in total. The molecule has 0 aromatic heterocycles. The summed E-state index contributed by atoms with van der Waals surface area (Å²) in [7, 11) is 0. The standard InChI is InChI=1S/C16H24/c1-8-9-10-11-12-13-14(15(2,3)4)16(5,6)7/h1,9-13H,2-7H3/b10-9+,12-11+. The lowest BCUT2D eigenvalue weighted by Crippen LogP contribution is -2.22. The number of hydrogen-bond acceptors (Lipinski definition) is 0. The monoisotopic (exact) mass is 216 g/mol. The van der Waals surface area contributed by atoms with Gasteiger partial charge in [-0.05, 0) is 16.9 Å². The van der Waals surface area contributed by atoms with E-state index in [9.17, 15) is 0 Å². The van der Waals surface area contributed by atoms with Gasteiger partial charge in [-0.2, -0.15) is 0 Å². The number of hydrogen-bond donors (Lipinski definition) is 0. The predicted molar refractivity (Wildman–Crippen MR) is 74.1 cm³/mol. The van der Waals surface area contributed by atoms with Gasteiger partial charge in [0, 0.05) is 0 Å². The molecule has 0 heterocycles. The van der Waals surface area contributed by atoms with E-state index in [1.165, 1.54) is 5.57 Å². The van der Waals surface area contributed by atoms with Crippen molar-refractivity contribution in [1.29, 1.82) is 0 Å². The smallest absolute Gasteiger partial charge is 0.0122 e. The number of terminal acetylenes is 1. The van der Waals surface area contributed by atoms with Crippen molar-refractivity contribution in [2.24, 2.45) is 10.8 Å². The fourth-order valence-electron chi connectivity index (χ4n) is 1.95. The maximum atomic E-state index is 5.12. The van der Waals surface area contributed by atoms with Gasteiger partial charge in [-0.1, -0.05) is 77.3 Å². The fraction of sp³-hybridized carbons (Fsp3) is 0.500. The van der Waals surface area contributed by atoms with Crippen LogP contribution in [-0.2, 0) is 0 Å². The first-order valence-electron chi connectivity index (χ1n) is 5.70. The van der Waals surface area contributed by atoms with E-state index >= 15 is 0 Å². The van der Waals surface area contributed by atoms with Crippen LogP contribution >= 0.6 is 0 Å². The Hall–Kier alpha value is -1.22. The summed E-state index contributed by atoms with van der Waals surface area (Å²) in [5, 5.41) is 0. The van der Waals surface area contributed by atoms with E-state index in [0.29, 0.717) is 0 Å². The SMILES string of the molecule is C#C/C=C/C=C/C=C(C(C)(C)C)C(C)(C)C. The Morgan fingerprint density at radius 2 is 1.38 bits per heavy atom. The summed E-state index contributed by atoms with van der Waals surface area (Å²) in [6.45, 7) is 13.5. The second kappa shape index (κ2) is 5.75. The maximum Gasteiger partial charge on any atom is -0.0122 e. The van der Waals surface area contributed by atoms with Crippen LogP contribution in [-0.4, -0.2) is 0 Å². The largest absolute Gasteiger partial charge is 0.115 e. The molecule has 0 aliphatic rings. The van der Waals surface area contributed by atoms with Gasteiger partial charge in [-0.15, -0.1) is 6.42 Å². The molecule has 0 fully saturated rings. The Morgan fingerprint density at radius 1 is 0.875 bits per heavy atom. The molecule has 0 bridgehead atoms. The molecule has 0 heteroatoms. The lowest BCUT2D eigenvalue weighted by Gasteiger charge is -2.33. The van der Waals surface area contributed by atoms with Crippen LogP contribution in [0.4, 0.5) is 0 Å². The van der Waals surface area contributed by atoms with Crippen LogP contribution in [0.25, 0.3) is 0 Å². The van der Waals surface area contributed by atoms with Gasteiger partial charge in [0.2, 0.25) is 0 Å². The third-order valence-electron chi connectivity index (χ3n) is 2.29. The summed E-state index contributed by atoms with van der Waals surface area (Å²) in [6.07, 6.45) is 14.9. The van der Waals surface area contributed by atoms with E-state index in [0.717, 1.165) is 0 Å². The molecule has 0 atom stereocenters. The Bertz CT molecular complexity index is 314. The molecule has 0 aliphatic heterocycles. The second-order valence-corrected chi connectivity index (χ2v) is 5.99. The minimum atomic E-state index is 0.193. The van der Waals surface area contributed by atoms with Crippen LogP contribution in [0.2, 0.25) is 0 Å². The molecule has 0 spiro atoms. The Kier molecular flexibility index (Phi) is 5.31. The summed E-state index contributed by atoms with van der Waals surface area (Å²) in [5.41, 5.74) is 1.82. The van der Waals surface area contributed by atoms with Gasteiger partial charge in [0.25, 0.3) is 0 Å². The maximum absolute atomic E-state index is 5.12. The van der Waals surface area contributed by atoms with Crippen LogP contribution in [0, 0.1) is 23.2 Å². The second-order valence-electron chi connectivity index (χ2n) is 5.99. The number of rotatable bonds is 2. The normalized spacial score (nSPS) is 13.1. The van der Waals surface area contributed by atoms with E-state index in [1.54, 1.807) is 6.08 Å². The Balaban J connectivity index is 4.96. The van der Waals surface area contributed by atoms with Crippen LogP contribution in [0.3, 0.4) is 0 Å². The average molecular weight is 216 g/mol. The van der Waals surface area contributed by atoms with Crippen molar-refractivity contribution >= 4 is 0 Å². The highest BCUT2D eigenvalue weighted by molar-refractivity contribution is 5.26. The van der Waals surface area contributed by atoms with Crippen molar-refractivity contribution in [2.45, 2.75) is 41.5 Å². The van der Waals surface area contributed by atoms with Gasteiger partial charge < -0.3 is 0 Å². The molecule has 0 saturated heterocycles. The molecule has 0 saturated carbocycles. The fourth-order valence-corrected chi connectivity index (χ4v) is 1.95. The molecular formula is C16H24. The van der Waals surface area contributed by atoms with E-state index in [1.807, 2.05) is 12.2 Å². The summed E-state index contributed by atoms with van der Waals surface area (Å²) in [6, 6.07) is 0. The summed E-state index contributed by atoms with van der Waals surface area (Å²) < 4.78 is 0. The zero-order chi connectivity index (χ0) is 12.8. The van der Waals surface area contributed by atoms with Crippen LogP contribution in [0.5, 0.6) is 0 Å². The molecule has 0 aromatic rings. The highest BCUT2D eigenvalue weighted by Gasteiger charge is 2.26. The van der Waals surface area contributed by atoms with E-state index in [-0.39, 0.29) is 10.8 Å². The number of allylic oxidation sites excluding steroid dienone is 6. The minimum Gasteiger partial charge on any atom is -0.115 e. The molecule has 0 nitrogen and oxygen atoms in total. The van der Waals surface area contributed by atoms with Crippen molar-refractivity contribution in [2.75, 3.05) is 0 Å². The Labute approximate surface area is 101 Å². The van der Waals surface area contributed by atoms with Crippen LogP contribution in [0.15, 0.2) is 36.0 Å². The summed E-state index contributed by atoms with van der Waals surface area (Å²) >= 11 is 0. The highest BCUT2D eigenvalue weighted by atomic mass is 14.3. The first kappa shape index (κ1) is 14.8. The average Bonchev–Trinajstić information content (AvgIpc) is 2.06.